The van der Waals surface area contributed by atoms with Crippen LogP contribution in [0.15, 0.2) is 18.2 Å². The van der Waals surface area contributed by atoms with Gasteiger partial charge < -0.3 is 0 Å². The third-order valence-electron chi connectivity index (χ3n) is 2.79. The van der Waals surface area contributed by atoms with Crippen molar-refractivity contribution in [2.75, 3.05) is 5.88 Å². The van der Waals surface area contributed by atoms with Crippen LogP contribution in [0.4, 0.5) is 0 Å². The lowest BCUT2D eigenvalue weighted by atomic mass is 9.85. The number of hydrogen-bond acceptors (Lipinski definition) is 0. The Morgan fingerprint density at radius 1 is 1.20 bits per heavy atom. The molecule has 0 aliphatic carbocycles. The van der Waals surface area contributed by atoms with E-state index in [1.807, 2.05) is 0 Å². The Hall–Kier alpha value is -0.490. The minimum absolute atomic E-state index is 0.246. The van der Waals surface area contributed by atoms with Crippen LogP contribution in [0.25, 0.3) is 0 Å². The predicted molar refractivity (Wildman–Crippen MR) is 68.9 cm³/mol. The van der Waals surface area contributed by atoms with E-state index in [2.05, 4.69) is 45.9 Å². The predicted octanol–water partition coefficient (Wildman–Crippen LogP) is 4.46. The first-order valence-corrected chi connectivity index (χ1v) is 6.14. The largest absolute Gasteiger partial charge is 0.127 e. The molecule has 1 heteroatoms. The van der Waals surface area contributed by atoms with E-state index in [0.717, 1.165) is 18.7 Å². The van der Waals surface area contributed by atoms with Crippen LogP contribution in [0.2, 0.25) is 0 Å². The maximum Gasteiger partial charge on any atom is 0.0226 e. The lowest BCUT2D eigenvalue weighted by molar-refractivity contribution is 0.589. The second kappa shape index (κ2) is 5.03. The summed E-state index contributed by atoms with van der Waals surface area (Å²) in [5.41, 5.74) is 4.49. The normalized spacial score (nSPS) is 11.8. The fourth-order valence-electron chi connectivity index (χ4n) is 1.70. The van der Waals surface area contributed by atoms with E-state index in [4.69, 9.17) is 11.6 Å². The topological polar surface area (TPSA) is 0 Å². The number of aryl methyl sites for hydroxylation is 2. The minimum Gasteiger partial charge on any atom is -0.127 e. The summed E-state index contributed by atoms with van der Waals surface area (Å²) in [6.07, 6.45) is 2.16. The molecule has 15 heavy (non-hydrogen) atoms. The molecule has 0 aliphatic rings. The summed E-state index contributed by atoms with van der Waals surface area (Å²) in [6, 6.07) is 6.81. The summed E-state index contributed by atoms with van der Waals surface area (Å²) in [7, 11) is 0. The van der Waals surface area contributed by atoms with Crippen molar-refractivity contribution in [2.24, 2.45) is 0 Å². The summed E-state index contributed by atoms with van der Waals surface area (Å²) in [6.45, 7) is 8.94. The van der Waals surface area contributed by atoms with Gasteiger partial charge in [0.05, 0.1) is 0 Å². The van der Waals surface area contributed by atoms with Crippen molar-refractivity contribution in [3.63, 3.8) is 0 Å². The van der Waals surface area contributed by atoms with Gasteiger partial charge in [-0.1, -0.05) is 39.0 Å². The molecular weight excluding hydrogens is 204 g/mol. The van der Waals surface area contributed by atoms with Crippen molar-refractivity contribution in [1.82, 2.24) is 0 Å². The highest BCUT2D eigenvalue weighted by Crippen LogP contribution is 2.24. The van der Waals surface area contributed by atoms with E-state index in [9.17, 15) is 0 Å². The number of alkyl halides is 1. The highest BCUT2D eigenvalue weighted by atomic mass is 35.5. The molecule has 0 aromatic heterocycles. The number of halogens is 1. The maximum absolute atomic E-state index is 5.71. The molecule has 0 fully saturated rings. The zero-order chi connectivity index (χ0) is 11.5. The summed E-state index contributed by atoms with van der Waals surface area (Å²) < 4.78 is 0. The lowest BCUT2D eigenvalue weighted by Gasteiger charge is -2.20. The second-order valence-electron chi connectivity index (χ2n) is 5.18. The van der Waals surface area contributed by atoms with Crippen LogP contribution in [-0.4, -0.2) is 5.88 Å². The molecule has 0 heterocycles. The smallest absolute Gasteiger partial charge is 0.0226 e. The number of hydrogen-bond donors (Lipinski definition) is 0. The average Bonchev–Trinajstić information content (AvgIpc) is 2.14. The summed E-state index contributed by atoms with van der Waals surface area (Å²) in [4.78, 5) is 0. The average molecular weight is 225 g/mol. The minimum atomic E-state index is 0.246. The van der Waals surface area contributed by atoms with E-state index in [1.165, 1.54) is 16.7 Å². The molecule has 1 aromatic carbocycles. The number of benzene rings is 1. The third-order valence-corrected chi connectivity index (χ3v) is 3.06. The summed E-state index contributed by atoms with van der Waals surface area (Å²) in [5.74, 6) is 0.750. The van der Waals surface area contributed by atoms with Gasteiger partial charge in [-0.25, -0.2) is 0 Å². The second-order valence-corrected chi connectivity index (χ2v) is 5.56. The molecule has 0 nitrogen and oxygen atoms in total. The molecule has 84 valence electrons. The molecule has 0 saturated carbocycles. The number of rotatable bonds is 3. The van der Waals surface area contributed by atoms with Gasteiger partial charge in [0.2, 0.25) is 0 Å². The van der Waals surface area contributed by atoms with Gasteiger partial charge in [-0.15, -0.1) is 11.6 Å². The molecule has 1 aromatic rings. The van der Waals surface area contributed by atoms with Gasteiger partial charge >= 0.3 is 0 Å². The van der Waals surface area contributed by atoms with Crippen molar-refractivity contribution >= 4 is 11.6 Å². The molecule has 0 spiro atoms. The SMILES string of the molecule is Cc1cc(C(C)(C)C)ccc1CCCCl. The van der Waals surface area contributed by atoms with Crippen LogP contribution in [-0.2, 0) is 11.8 Å². The standard InChI is InChI=1S/C14H21Cl/c1-11-10-13(14(2,3)4)8-7-12(11)6-5-9-15/h7-8,10H,5-6,9H2,1-4H3. The Morgan fingerprint density at radius 3 is 2.33 bits per heavy atom. The molecule has 0 radical (unpaired) electrons. The van der Waals surface area contributed by atoms with Crippen LogP contribution in [0.1, 0.15) is 43.9 Å². The highest BCUT2D eigenvalue weighted by Gasteiger charge is 2.13. The lowest BCUT2D eigenvalue weighted by Crippen LogP contribution is -2.11. The fourth-order valence-corrected chi connectivity index (χ4v) is 1.83. The first-order chi connectivity index (χ1) is 6.95. The van der Waals surface area contributed by atoms with E-state index in [0.29, 0.717) is 0 Å². The molecule has 0 unspecified atom stereocenters. The van der Waals surface area contributed by atoms with Gasteiger partial charge in [0, 0.05) is 5.88 Å². The molecule has 0 bridgehead atoms. The zero-order valence-corrected chi connectivity index (χ0v) is 11.0. The van der Waals surface area contributed by atoms with Crippen molar-refractivity contribution in [3.05, 3.63) is 34.9 Å². The van der Waals surface area contributed by atoms with E-state index < -0.39 is 0 Å². The molecule has 0 aliphatic heterocycles. The van der Waals surface area contributed by atoms with Gasteiger partial charge in [0.1, 0.15) is 0 Å². The van der Waals surface area contributed by atoms with E-state index >= 15 is 0 Å². The van der Waals surface area contributed by atoms with Crippen molar-refractivity contribution in [1.29, 1.82) is 0 Å². The highest BCUT2D eigenvalue weighted by molar-refractivity contribution is 6.17. The third kappa shape index (κ3) is 3.53. The molecule has 1 rings (SSSR count). The van der Waals surface area contributed by atoms with Gasteiger partial charge in [-0.05, 0) is 41.9 Å². The van der Waals surface area contributed by atoms with Gasteiger partial charge in [-0.3, -0.25) is 0 Å². The molecule has 0 atom stereocenters. The van der Waals surface area contributed by atoms with Crippen molar-refractivity contribution in [3.8, 4) is 0 Å². The summed E-state index contributed by atoms with van der Waals surface area (Å²) >= 11 is 5.71. The van der Waals surface area contributed by atoms with Gasteiger partial charge in [0.15, 0.2) is 0 Å². The zero-order valence-electron chi connectivity index (χ0n) is 10.2. The van der Waals surface area contributed by atoms with E-state index in [1.54, 1.807) is 0 Å². The molecule has 0 N–H and O–H groups in total. The Morgan fingerprint density at radius 2 is 1.87 bits per heavy atom. The van der Waals surface area contributed by atoms with E-state index in [-0.39, 0.29) is 5.41 Å². The Labute approximate surface area is 98.7 Å². The fraction of sp³-hybridized carbons (Fsp3) is 0.571. The summed E-state index contributed by atoms with van der Waals surface area (Å²) in [5, 5.41) is 0. The van der Waals surface area contributed by atoms with Gasteiger partial charge in [0.25, 0.3) is 0 Å². The monoisotopic (exact) mass is 224 g/mol. The van der Waals surface area contributed by atoms with Crippen LogP contribution in [0.3, 0.4) is 0 Å². The van der Waals surface area contributed by atoms with Crippen LogP contribution in [0, 0.1) is 6.92 Å². The first-order valence-electron chi connectivity index (χ1n) is 5.61. The first kappa shape index (κ1) is 12.6. The molecular formula is C14H21Cl. The van der Waals surface area contributed by atoms with Crippen LogP contribution in [0.5, 0.6) is 0 Å². The van der Waals surface area contributed by atoms with Crippen LogP contribution < -0.4 is 0 Å². The molecule has 0 saturated heterocycles. The van der Waals surface area contributed by atoms with Crippen LogP contribution >= 0.6 is 11.6 Å². The Kier molecular flexibility index (Phi) is 4.21. The van der Waals surface area contributed by atoms with Crippen molar-refractivity contribution in [2.45, 2.75) is 46.0 Å². The van der Waals surface area contributed by atoms with Gasteiger partial charge in [-0.2, -0.15) is 0 Å². The van der Waals surface area contributed by atoms with Crippen molar-refractivity contribution < 1.29 is 0 Å². The maximum atomic E-state index is 5.71. The Balaban J connectivity index is 2.88. The quantitative estimate of drug-likeness (QED) is 0.665. The molecule has 0 amide bonds. The Bertz CT molecular complexity index is 321.